The van der Waals surface area contributed by atoms with Gasteiger partial charge in [-0.05, 0) is 24.6 Å². The lowest BCUT2D eigenvalue weighted by atomic mass is 10.2. The van der Waals surface area contributed by atoms with Crippen LogP contribution >= 0.6 is 0 Å². The lowest BCUT2D eigenvalue weighted by Crippen LogP contribution is -2.09. The Morgan fingerprint density at radius 2 is 1.90 bits per heavy atom. The first-order chi connectivity index (χ1) is 10.4. The van der Waals surface area contributed by atoms with Gasteiger partial charge in [0.05, 0.1) is 13.2 Å². The maximum absolute atomic E-state index is 5.66. The number of pyridine rings is 1. The van der Waals surface area contributed by atoms with Gasteiger partial charge in [-0.2, -0.15) is 0 Å². The highest BCUT2D eigenvalue weighted by molar-refractivity contribution is 5.43. The van der Waals surface area contributed by atoms with Crippen molar-refractivity contribution in [2.75, 3.05) is 25.1 Å². The fourth-order valence-corrected chi connectivity index (χ4v) is 1.87. The van der Waals surface area contributed by atoms with Crippen LogP contribution in [0, 0.1) is 0 Å². The van der Waals surface area contributed by atoms with Crippen LogP contribution in [0.25, 0.3) is 0 Å². The van der Waals surface area contributed by atoms with Gasteiger partial charge in [0.2, 0.25) is 0 Å². The molecule has 0 saturated carbocycles. The Labute approximate surface area is 126 Å². The van der Waals surface area contributed by atoms with Crippen LogP contribution < -0.4 is 10.1 Å². The predicted molar refractivity (Wildman–Crippen MR) is 84.6 cm³/mol. The van der Waals surface area contributed by atoms with Crippen LogP contribution in [-0.2, 0) is 11.3 Å². The second kappa shape index (κ2) is 8.97. The van der Waals surface area contributed by atoms with Gasteiger partial charge < -0.3 is 14.8 Å². The summed E-state index contributed by atoms with van der Waals surface area (Å²) in [7, 11) is 0. The standard InChI is InChI=1S/C17H22N2O2/c1-2-10-18-17-15(7-6-11-19-17)14-20-12-13-21-16-8-4-3-5-9-16/h3-9,11H,2,10,12-14H2,1H3,(H,18,19). The van der Waals surface area contributed by atoms with Gasteiger partial charge >= 0.3 is 0 Å². The number of ether oxygens (including phenoxy) is 2. The maximum atomic E-state index is 5.66. The molecule has 0 radical (unpaired) electrons. The molecule has 1 heterocycles. The first-order valence-electron chi connectivity index (χ1n) is 7.33. The third-order valence-corrected chi connectivity index (χ3v) is 2.93. The smallest absolute Gasteiger partial charge is 0.131 e. The lowest BCUT2D eigenvalue weighted by molar-refractivity contribution is 0.0891. The molecule has 2 rings (SSSR count). The molecule has 2 aromatic rings. The molecule has 21 heavy (non-hydrogen) atoms. The van der Waals surface area contributed by atoms with Crippen molar-refractivity contribution in [3.63, 3.8) is 0 Å². The summed E-state index contributed by atoms with van der Waals surface area (Å²) in [6.07, 6.45) is 2.86. The molecule has 0 aliphatic carbocycles. The van der Waals surface area contributed by atoms with Crippen molar-refractivity contribution >= 4 is 5.82 Å². The molecule has 0 amide bonds. The number of hydrogen-bond acceptors (Lipinski definition) is 4. The van der Waals surface area contributed by atoms with E-state index in [1.807, 2.05) is 42.5 Å². The molecule has 1 N–H and O–H groups in total. The van der Waals surface area contributed by atoms with E-state index < -0.39 is 0 Å². The summed E-state index contributed by atoms with van der Waals surface area (Å²) in [5, 5.41) is 3.31. The Balaban J connectivity index is 1.71. The minimum absolute atomic E-state index is 0.540. The molecule has 0 aliphatic heterocycles. The zero-order valence-corrected chi connectivity index (χ0v) is 12.4. The van der Waals surface area contributed by atoms with Gasteiger partial charge in [0.1, 0.15) is 18.2 Å². The summed E-state index contributed by atoms with van der Waals surface area (Å²) in [6, 6.07) is 13.7. The van der Waals surface area contributed by atoms with Crippen molar-refractivity contribution < 1.29 is 9.47 Å². The molecular weight excluding hydrogens is 264 g/mol. The summed E-state index contributed by atoms with van der Waals surface area (Å²) < 4.78 is 11.2. The highest BCUT2D eigenvalue weighted by Gasteiger charge is 2.02. The average molecular weight is 286 g/mol. The quantitative estimate of drug-likeness (QED) is 0.717. The SMILES string of the molecule is CCCNc1ncccc1COCCOc1ccccc1. The second-order valence-electron chi connectivity index (χ2n) is 4.65. The van der Waals surface area contributed by atoms with Crippen molar-refractivity contribution in [2.24, 2.45) is 0 Å². The number of para-hydroxylation sites is 1. The number of hydrogen-bond donors (Lipinski definition) is 1. The minimum atomic E-state index is 0.540. The van der Waals surface area contributed by atoms with E-state index in [2.05, 4.69) is 17.2 Å². The number of nitrogens with zero attached hydrogens (tertiary/aromatic N) is 1. The minimum Gasteiger partial charge on any atom is -0.491 e. The fourth-order valence-electron chi connectivity index (χ4n) is 1.87. The zero-order chi connectivity index (χ0) is 14.8. The van der Waals surface area contributed by atoms with E-state index in [-0.39, 0.29) is 0 Å². The predicted octanol–water partition coefficient (Wildman–Crippen LogP) is 3.50. The summed E-state index contributed by atoms with van der Waals surface area (Å²) in [4.78, 5) is 4.34. The first kappa shape index (κ1) is 15.3. The van der Waals surface area contributed by atoms with E-state index in [1.54, 1.807) is 6.20 Å². The Kier molecular flexibility index (Phi) is 6.55. The van der Waals surface area contributed by atoms with Gasteiger partial charge in [-0.15, -0.1) is 0 Å². The van der Waals surface area contributed by atoms with Crippen LogP contribution in [0.5, 0.6) is 5.75 Å². The molecule has 1 aromatic carbocycles. The second-order valence-corrected chi connectivity index (χ2v) is 4.65. The van der Waals surface area contributed by atoms with Crippen LogP contribution in [-0.4, -0.2) is 24.7 Å². The number of anilines is 1. The lowest BCUT2D eigenvalue weighted by Gasteiger charge is -2.11. The van der Waals surface area contributed by atoms with E-state index in [4.69, 9.17) is 9.47 Å². The molecule has 4 nitrogen and oxygen atoms in total. The van der Waals surface area contributed by atoms with Crippen LogP contribution in [0.4, 0.5) is 5.82 Å². The highest BCUT2D eigenvalue weighted by Crippen LogP contribution is 2.13. The molecule has 1 aromatic heterocycles. The number of aromatic nitrogens is 1. The molecular formula is C17H22N2O2. The third-order valence-electron chi connectivity index (χ3n) is 2.93. The Hall–Kier alpha value is -2.07. The molecule has 0 atom stereocenters. The molecule has 4 heteroatoms. The van der Waals surface area contributed by atoms with Crippen molar-refractivity contribution in [3.05, 3.63) is 54.2 Å². The third kappa shape index (κ3) is 5.44. The van der Waals surface area contributed by atoms with Crippen LogP contribution in [0.2, 0.25) is 0 Å². The Morgan fingerprint density at radius 3 is 2.71 bits per heavy atom. The van der Waals surface area contributed by atoms with Crippen molar-refractivity contribution in [1.29, 1.82) is 0 Å². The van der Waals surface area contributed by atoms with Gasteiger partial charge in [-0.3, -0.25) is 0 Å². The normalized spacial score (nSPS) is 10.3. The van der Waals surface area contributed by atoms with E-state index in [0.29, 0.717) is 19.8 Å². The van der Waals surface area contributed by atoms with Crippen molar-refractivity contribution in [3.8, 4) is 5.75 Å². The molecule has 0 aliphatic rings. The summed E-state index contributed by atoms with van der Waals surface area (Å²) >= 11 is 0. The van der Waals surface area contributed by atoms with E-state index in [1.165, 1.54) is 0 Å². The zero-order valence-electron chi connectivity index (χ0n) is 12.4. The van der Waals surface area contributed by atoms with Gasteiger partial charge in [-0.25, -0.2) is 4.98 Å². The van der Waals surface area contributed by atoms with Gasteiger partial charge in [0.25, 0.3) is 0 Å². The molecule has 112 valence electrons. The van der Waals surface area contributed by atoms with Crippen LogP contribution in [0.1, 0.15) is 18.9 Å². The largest absolute Gasteiger partial charge is 0.491 e. The van der Waals surface area contributed by atoms with Gasteiger partial charge in [0.15, 0.2) is 0 Å². The number of benzene rings is 1. The molecule has 0 spiro atoms. The number of rotatable bonds is 9. The van der Waals surface area contributed by atoms with Gasteiger partial charge in [-0.1, -0.05) is 31.2 Å². The van der Waals surface area contributed by atoms with E-state index in [0.717, 1.165) is 30.1 Å². The van der Waals surface area contributed by atoms with E-state index >= 15 is 0 Å². The molecule has 0 saturated heterocycles. The average Bonchev–Trinajstić information content (AvgIpc) is 2.54. The topological polar surface area (TPSA) is 43.4 Å². The summed E-state index contributed by atoms with van der Waals surface area (Å²) in [6.45, 7) is 4.69. The Bertz CT molecular complexity index is 517. The van der Waals surface area contributed by atoms with Crippen molar-refractivity contribution in [2.45, 2.75) is 20.0 Å². The molecule has 0 bridgehead atoms. The molecule has 0 fully saturated rings. The monoisotopic (exact) mass is 286 g/mol. The van der Waals surface area contributed by atoms with Gasteiger partial charge in [0, 0.05) is 18.3 Å². The van der Waals surface area contributed by atoms with Crippen LogP contribution in [0.15, 0.2) is 48.7 Å². The number of nitrogens with one attached hydrogen (secondary N) is 1. The summed E-state index contributed by atoms with van der Waals surface area (Å²) in [5.41, 5.74) is 1.07. The van der Waals surface area contributed by atoms with Crippen LogP contribution in [0.3, 0.4) is 0 Å². The van der Waals surface area contributed by atoms with Crippen molar-refractivity contribution in [1.82, 2.24) is 4.98 Å². The summed E-state index contributed by atoms with van der Waals surface area (Å²) in [5.74, 6) is 1.77. The Morgan fingerprint density at radius 1 is 1.05 bits per heavy atom. The molecule has 0 unspecified atom stereocenters. The maximum Gasteiger partial charge on any atom is 0.131 e. The first-order valence-corrected chi connectivity index (χ1v) is 7.33. The fraction of sp³-hybridized carbons (Fsp3) is 0.353. The van der Waals surface area contributed by atoms with E-state index in [9.17, 15) is 0 Å². The highest BCUT2D eigenvalue weighted by atomic mass is 16.5.